The van der Waals surface area contributed by atoms with Crippen LogP contribution in [0.25, 0.3) is 0 Å². The number of aryl methyl sites for hydroxylation is 3. The molecule has 0 aliphatic carbocycles. The van der Waals surface area contributed by atoms with Gasteiger partial charge >= 0.3 is 0 Å². The van der Waals surface area contributed by atoms with E-state index in [4.69, 9.17) is 12.2 Å². The molecular weight excluding hydrogens is 240 g/mol. The molecule has 0 radical (unpaired) electrons. The van der Waals surface area contributed by atoms with Crippen LogP contribution in [0.3, 0.4) is 0 Å². The van der Waals surface area contributed by atoms with E-state index in [9.17, 15) is 0 Å². The van der Waals surface area contributed by atoms with Gasteiger partial charge in [0.2, 0.25) is 0 Å². The average Bonchev–Trinajstić information content (AvgIpc) is 2.41. The lowest BCUT2D eigenvalue weighted by Crippen LogP contribution is -2.04. The quantitative estimate of drug-likeness (QED) is 0.845. The summed E-state index contributed by atoms with van der Waals surface area (Å²) in [5, 5.41) is 0. The van der Waals surface area contributed by atoms with Crippen molar-refractivity contribution in [3.8, 4) is 0 Å². The number of hydrogen-bond donors (Lipinski definition) is 1. The lowest BCUT2D eigenvalue weighted by Gasteiger charge is -2.07. The molecule has 0 unspecified atom stereocenters. The van der Waals surface area contributed by atoms with Crippen LogP contribution >= 0.6 is 12.2 Å². The first-order valence-electron chi connectivity index (χ1n) is 6.33. The van der Waals surface area contributed by atoms with Crippen molar-refractivity contribution in [2.45, 2.75) is 33.1 Å². The summed E-state index contributed by atoms with van der Waals surface area (Å²) < 4.78 is 0.730. The highest BCUT2D eigenvalue weighted by Gasteiger charge is 2.03. The molecule has 0 atom stereocenters. The molecule has 0 amide bonds. The Morgan fingerprint density at radius 1 is 1.17 bits per heavy atom. The zero-order chi connectivity index (χ0) is 13.0. The van der Waals surface area contributed by atoms with E-state index in [1.165, 1.54) is 11.3 Å². The van der Waals surface area contributed by atoms with Gasteiger partial charge in [-0.1, -0.05) is 49.5 Å². The number of hydrogen-bond acceptors (Lipinski definition) is 2. The average molecular weight is 258 g/mol. The largest absolute Gasteiger partial charge is 0.347 e. The van der Waals surface area contributed by atoms with Crippen LogP contribution in [0.2, 0.25) is 0 Å². The summed E-state index contributed by atoms with van der Waals surface area (Å²) in [5.41, 5.74) is 3.64. The normalized spacial score (nSPS) is 10.6. The Morgan fingerprint density at radius 3 is 2.56 bits per heavy atom. The van der Waals surface area contributed by atoms with Gasteiger partial charge in [-0.2, -0.15) is 0 Å². The maximum Gasteiger partial charge on any atom is 0.132 e. The number of nitrogens with one attached hydrogen (secondary N) is 1. The Kier molecular flexibility index (Phi) is 4.26. The molecule has 0 bridgehead atoms. The molecule has 2 nitrogen and oxygen atoms in total. The van der Waals surface area contributed by atoms with Crippen molar-refractivity contribution in [3.63, 3.8) is 0 Å². The summed E-state index contributed by atoms with van der Waals surface area (Å²) in [5.74, 6) is 0.992. The number of aromatic amines is 1. The lowest BCUT2D eigenvalue weighted by atomic mass is 10.1. The molecule has 0 fully saturated rings. The Labute approximate surface area is 113 Å². The first kappa shape index (κ1) is 13.0. The van der Waals surface area contributed by atoms with E-state index in [0.717, 1.165) is 35.3 Å². The molecule has 1 heterocycles. The third kappa shape index (κ3) is 3.05. The zero-order valence-electron chi connectivity index (χ0n) is 10.9. The van der Waals surface area contributed by atoms with Crippen LogP contribution in [0.1, 0.15) is 29.6 Å². The Morgan fingerprint density at radius 2 is 1.89 bits per heavy atom. The van der Waals surface area contributed by atoms with Crippen LogP contribution in [-0.2, 0) is 19.3 Å². The highest BCUT2D eigenvalue weighted by atomic mass is 32.1. The van der Waals surface area contributed by atoms with Crippen LogP contribution in [0.4, 0.5) is 0 Å². The van der Waals surface area contributed by atoms with Gasteiger partial charge < -0.3 is 4.98 Å². The van der Waals surface area contributed by atoms with Crippen molar-refractivity contribution in [3.05, 3.63) is 57.6 Å². The summed E-state index contributed by atoms with van der Waals surface area (Å²) in [6.07, 6.45) is 2.86. The van der Waals surface area contributed by atoms with Crippen molar-refractivity contribution >= 4 is 12.2 Å². The van der Waals surface area contributed by atoms with E-state index < -0.39 is 0 Å². The minimum absolute atomic E-state index is 0.730. The number of nitrogens with zero attached hydrogens (tertiary/aromatic N) is 1. The van der Waals surface area contributed by atoms with Crippen LogP contribution in [0, 0.1) is 11.6 Å². The van der Waals surface area contributed by atoms with E-state index in [1.54, 1.807) is 0 Å². The van der Waals surface area contributed by atoms with Crippen molar-refractivity contribution in [2.24, 2.45) is 0 Å². The molecule has 0 saturated carbocycles. The number of H-pyrrole nitrogens is 1. The maximum absolute atomic E-state index is 5.29. The molecule has 1 aromatic carbocycles. The van der Waals surface area contributed by atoms with Crippen LogP contribution in [-0.4, -0.2) is 9.97 Å². The summed E-state index contributed by atoms with van der Waals surface area (Å²) in [6, 6.07) is 10.5. The molecule has 0 aliphatic heterocycles. The van der Waals surface area contributed by atoms with Gasteiger partial charge in [0.05, 0.1) is 0 Å². The van der Waals surface area contributed by atoms with Gasteiger partial charge in [0.1, 0.15) is 10.5 Å². The summed E-state index contributed by atoms with van der Waals surface area (Å²) in [6.45, 7) is 4.17. The van der Waals surface area contributed by atoms with Gasteiger partial charge in [0.15, 0.2) is 0 Å². The second-order valence-corrected chi connectivity index (χ2v) is 4.82. The second kappa shape index (κ2) is 5.91. The topological polar surface area (TPSA) is 28.7 Å². The SMILES string of the molecule is CCc1[nH]c(CCc2ccccc2)nc(=S)c1C. The van der Waals surface area contributed by atoms with Gasteiger partial charge in [-0.3, -0.25) is 0 Å². The van der Waals surface area contributed by atoms with E-state index >= 15 is 0 Å². The minimum Gasteiger partial charge on any atom is -0.347 e. The number of benzene rings is 1. The molecular formula is C15H18N2S. The molecule has 1 aromatic heterocycles. The molecule has 94 valence electrons. The highest BCUT2D eigenvalue weighted by Crippen LogP contribution is 2.09. The molecule has 0 saturated heterocycles. The fraction of sp³-hybridized carbons (Fsp3) is 0.333. The smallest absolute Gasteiger partial charge is 0.132 e. The first-order chi connectivity index (χ1) is 8.70. The van der Waals surface area contributed by atoms with Gasteiger partial charge in [-0.25, -0.2) is 4.98 Å². The van der Waals surface area contributed by atoms with Crippen LogP contribution in [0.5, 0.6) is 0 Å². The minimum atomic E-state index is 0.730. The first-order valence-corrected chi connectivity index (χ1v) is 6.74. The fourth-order valence-electron chi connectivity index (χ4n) is 2.01. The number of rotatable bonds is 4. The van der Waals surface area contributed by atoms with Gasteiger partial charge in [-0.15, -0.1) is 0 Å². The summed E-state index contributed by atoms with van der Waals surface area (Å²) in [4.78, 5) is 7.85. The molecule has 3 heteroatoms. The van der Waals surface area contributed by atoms with Crippen LogP contribution < -0.4 is 0 Å². The summed E-state index contributed by atoms with van der Waals surface area (Å²) in [7, 11) is 0. The molecule has 1 N–H and O–H groups in total. The van der Waals surface area contributed by atoms with Gasteiger partial charge in [0.25, 0.3) is 0 Å². The fourth-order valence-corrected chi connectivity index (χ4v) is 2.24. The van der Waals surface area contributed by atoms with Crippen LogP contribution in [0.15, 0.2) is 30.3 Å². The summed E-state index contributed by atoms with van der Waals surface area (Å²) >= 11 is 5.29. The maximum atomic E-state index is 5.29. The molecule has 2 rings (SSSR count). The highest BCUT2D eigenvalue weighted by molar-refractivity contribution is 7.71. The predicted molar refractivity (Wildman–Crippen MR) is 77.4 cm³/mol. The van der Waals surface area contributed by atoms with E-state index in [1.807, 2.05) is 13.0 Å². The van der Waals surface area contributed by atoms with Crippen molar-refractivity contribution in [2.75, 3.05) is 0 Å². The van der Waals surface area contributed by atoms with Gasteiger partial charge in [-0.05, 0) is 25.3 Å². The third-order valence-corrected chi connectivity index (χ3v) is 3.55. The van der Waals surface area contributed by atoms with Gasteiger partial charge in [0, 0.05) is 17.7 Å². The number of aromatic nitrogens is 2. The Balaban J connectivity index is 2.15. The lowest BCUT2D eigenvalue weighted by molar-refractivity contribution is 0.818. The molecule has 0 spiro atoms. The van der Waals surface area contributed by atoms with E-state index in [-0.39, 0.29) is 0 Å². The van der Waals surface area contributed by atoms with Crippen molar-refractivity contribution < 1.29 is 0 Å². The van der Waals surface area contributed by atoms with Crippen molar-refractivity contribution in [1.29, 1.82) is 0 Å². The monoisotopic (exact) mass is 258 g/mol. The van der Waals surface area contributed by atoms with Crippen molar-refractivity contribution in [1.82, 2.24) is 9.97 Å². The third-order valence-electron chi connectivity index (χ3n) is 3.15. The zero-order valence-corrected chi connectivity index (χ0v) is 11.7. The Bertz CT molecular complexity index is 573. The predicted octanol–water partition coefficient (Wildman–Crippen LogP) is 3.80. The molecule has 0 aliphatic rings. The van der Waals surface area contributed by atoms with E-state index in [2.05, 4.69) is 41.2 Å². The second-order valence-electron chi connectivity index (χ2n) is 4.43. The Hall–Kier alpha value is -1.48. The standard InChI is InChI=1S/C15H18N2S/c1-3-13-11(2)15(18)17-14(16-13)10-9-12-7-5-4-6-8-12/h4-8H,3,9-10H2,1-2H3,(H,16,17,18). The molecule has 18 heavy (non-hydrogen) atoms. The van der Waals surface area contributed by atoms with E-state index in [0.29, 0.717) is 0 Å². The molecule has 2 aromatic rings.